The molecule has 19 heavy (non-hydrogen) atoms. The van der Waals surface area contributed by atoms with Gasteiger partial charge in [-0.3, -0.25) is 4.79 Å². The lowest BCUT2D eigenvalue weighted by Gasteiger charge is -2.07. The highest BCUT2D eigenvalue weighted by molar-refractivity contribution is 5.58. The number of aryl methyl sites for hydroxylation is 1. The first kappa shape index (κ1) is 11.9. The molecule has 0 fully saturated rings. The first-order valence-corrected chi connectivity index (χ1v) is 6.15. The number of aromatic amines is 1. The topological polar surface area (TPSA) is 55.0 Å². The molecule has 0 atom stereocenters. The van der Waals surface area contributed by atoms with Crippen molar-refractivity contribution in [1.82, 2.24) is 9.97 Å². The second-order valence-corrected chi connectivity index (χ2v) is 4.54. The highest BCUT2D eigenvalue weighted by atomic mass is 19.1. The minimum Gasteiger partial charge on any atom is -0.494 e. The summed E-state index contributed by atoms with van der Waals surface area (Å²) in [6.45, 7) is 0. The molecular weight excluding hydrogens is 247 g/mol. The number of nitrogens with one attached hydrogen (secondary N) is 1. The molecule has 0 bridgehead atoms. The number of fused-ring (bicyclic) bond motifs is 1. The van der Waals surface area contributed by atoms with Crippen molar-refractivity contribution in [3.05, 3.63) is 45.6 Å². The Balaban J connectivity index is 2.12. The van der Waals surface area contributed by atoms with Crippen LogP contribution in [0.2, 0.25) is 0 Å². The Bertz CT molecular complexity index is 694. The lowest BCUT2D eigenvalue weighted by Crippen LogP contribution is -2.15. The summed E-state index contributed by atoms with van der Waals surface area (Å²) in [4.78, 5) is 19.1. The Hall–Kier alpha value is -2.17. The van der Waals surface area contributed by atoms with Crippen LogP contribution < -0.4 is 10.3 Å². The minimum atomic E-state index is -0.435. The van der Waals surface area contributed by atoms with Crippen LogP contribution in [0.25, 0.3) is 11.4 Å². The fourth-order valence-corrected chi connectivity index (χ4v) is 2.39. The maximum Gasteiger partial charge on any atom is 0.254 e. The molecular formula is C14H13FN2O2. The molecule has 0 aliphatic heterocycles. The van der Waals surface area contributed by atoms with Gasteiger partial charge in [-0.1, -0.05) is 0 Å². The fourth-order valence-electron chi connectivity index (χ4n) is 2.39. The van der Waals surface area contributed by atoms with E-state index in [1.165, 1.54) is 19.2 Å². The van der Waals surface area contributed by atoms with Gasteiger partial charge in [0.2, 0.25) is 0 Å². The van der Waals surface area contributed by atoms with Gasteiger partial charge in [-0.15, -0.1) is 0 Å². The van der Waals surface area contributed by atoms with Crippen LogP contribution in [-0.2, 0) is 12.8 Å². The van der Waals surface area contributed by atoms with Crippen molar-refractivity contribution >= 4 is 0 Å². The summed E-state index contributed by atoms with van der Waals surface area (Å²) >= 11 is 0. The van der Waals surface area contributed by atoms with E-state index in [1.807, 2.05) is 0 Å². The molecule has 0 spiro atoms. The monoisotopic (exact) mass is 260 g/mol. The van der Waals surface area contributed by atoms with Crippen molar-refractivity contribution in [2.75, 3.05) is 7.11 Å². The second-order valence-electron chi connectivity index (χ2n) is 4.54. The van der Waals surface area contributed by atoms with E-state index in [4.69, 9.17) is 4.74 Å². The number of hydrogen-bond acceptors (Lipinski definition) is 3. The van der Waals surface area contributed by atoms with Crippen LogP contribution >= 0.6 is 0 Å². The Labute approximate surface area is 109 Å². The Morgan fingerprint density at radius 1 is 1.37 bits per heavy atom. The number of hydrogen-bond donors (Lipinski definition) is 1. The molecule has 1 N–H and O–H groups in total. The zero-order valence-corrected chi connectivity index (χ0v) is 10.5. The second kappa shape index (κ2) is 4.50. The van der Waals surface area contributed by atoms with E-state index >= 15 is 0 Å². The number of ether oxygens (including phenoxy) is 1. The van der Waals surface area contributed by atoms with Crippen LogP contribution in [0.15, 0.2) is 23.0 Å². The largest absolute Gasteiger partial charge is 0.494 e. The molecule has 0 saturated carbocycles. The van der Waals surface area contributed by atoms with Crippen LogP contribution in [0.4, 0.5) is 4.39 Å². The number of methoxy groups -OCH3 is 1. The third-order valence-corrected chi connectivity index (χ3v) is 3.37. The number of aromatic nitrogens is 2. The smallest absolute Gasteiger partial charge is 0.254 e. The third-order valence-electron chi connectivity index (χ3n) is 3.37. The third kappa shape index (κ3) is 2.01. The highest BCUT2D eigenvalue weighted by Gasteiger charge is 2.18. The van der Waals surface area contributed by atoms with E-state index < -0.39 is 5.82 Å². The Morgan fingerprint density at radius 3 is 3.00 bits per heavy atom. The summed E-state index contributed by atoms with van der Waals surface area (Å²) in [5, 5.41) is 0. The normalized spacial score (nSPS) is 13.4. The molecule has 0 amide bonds. The minimum absolute atomic E-state index is 0.0965. The van der Waals surface area contributed by atoms with Crippen molar-refractivity contribution in [2.45, 2.75) is 19.3 Å². The molecule has 3 rings (SSSR count). The summed E-state index contributed by atoms with van der Waals surface area (Å²) in [6.07, 6.45) is 2.57. The fraction of sp³-hybridized carbons (Fsp3) is 0.286. The molecule has 1 aromatic heterocycles. The van der Waals surface area contributed by atoms with Gasteiger partial charge in [-0.2, -0.15) is 0 Å². The number of rotatable bonds is 2. The average Bonchev–Trinajstić information content (AvgIpc) is 2.88. The molecule has 1 aliphatic carbocycles. The summed E-state index contributed by atoms with van der Waals surface area (Å²) in [5.41, 5.74) is 2.17. The molecule has 1 heterocycles. The van der Waals surface area contributed by atoms with Gasteiger partial charge in [0.1, 0.15) is 5.82 Å². The summed E-state index contributed by atoms with van der Waals surface area (Å²) in [6, 6.07) is 4.42. The van der Waals surface area contributed by atoms with E-state index in [1.54, 1.807) is 6.07 Å². The summed E-state index contributed by atoms with van der Waals surface area (Å²) < 4.78 is 18.3. The van der Waals surface area contributed by atoms with Crippen molar-refractivity contribution in [1.29, 1.82) is 0 Å². The van der Waals surface area contributed by atoms with Gasteiger partial charge < -0.3 is 9.72 Å². The van der Waals surface area contributed by atoms with Crippen LogP contribution in [0.1, 0.15) is 17.7 Å². The maximum absolute atomic E-state index is 13.4. The van der Waals surface area contributed by atoms with Gasteiger partial charge in [-0.25, -0.2) is 9.37 Å². The standard InChI is InChI=1S/C14H13FN2O2/c1-19-12-7-8(5-6-10(12)15)13-16-11-4-2-3-9(11)14(18)17-13/h5-7H,2-4H2,1H3,(H,16,17,18). The summed E-state index contributed by atoms with van der Waals surface area (Å²) in [7, 11) is 1.40. The van der Waals surface area contributed by atoms with Gasteiger partial charge >= 0.3 is 0 Å². The maximum atomic E-state index is 13.4. The van der Waals surface area contributed by atoms with Gasteiger partial charge in [0.05, 0.1) is 12.8 Å². The molecule has 5 heteroatoms. The van der Waals surface area contributed by atoms with Gasteiger partial charge in [0.25, 0.3) is 5.56 Å². The average molecular weight is 260 g/mol. The molecule has 0 saturated heterocycles. The Kier molecular flexibility index (Phi) is 2.81. The number of halogens is 1. The lowest BCUT2D eigenvalue weighted by atomic mass is 10.1. The predicted molar refractivity (Wildman–Crippen MR) is 68.8 cm³/mol. The Morgan fingerprint density at radius 2 is 2.21 bits per heavy atom. The van der Waals surface area contributed by atoms with Crippen molar-refractivity contribution in [3.63, 3.8) is 0 Å². The van der Waals surface area contributed by atoms with Crippen molar-refractivity contribution in [2.24, 2.45) is 0 Å². The van der Waals surface area contributed by atoms with E-state index in [-0.39, 0.29) is 11.3 Å². The molecule has 98 valence electrons. The van der Waals surface area contributed by atoms with E-state index in [9.17, 15) is 9.18 Å². The number of nitrogens with zero attached hydrogens (tertiary/aromatic N) is 1. The molecule has 0 radical (unpaired) electrons. The zero-order chi connectivity index (χ0) is 13.4. The van der Waals surface area contributed by atoms with Gasteiger partial charge in [0, 0.05) is 11.1 Å². The predicted octanol–water partition coefficient (Wildman–Crippen LogP) is 2.07. The van der Waals surface area contributed by atoms with Crippen molar-refractivity contribution in [3.8, 4) is 17.1 Å². The first-order valence-electron chi connectivity index (χ1n) is 6.15. The number of benzene rings is 1. The summed E-state index contributed by atoms with van der Waals surface area (Å²) in [5.74, 6) is 0.166. The molecule has 4 nitrogen and oxygen atoms in total. The van der Waals surface area contributed by atoms with Crippen LogP contribution in [0.3, 0.4) is 0 Å². The van der Waals surface area contributed by atoms with E-state index in [2.05, 4.69) is 9.97 Å². The van der Waals surface area contributed by atoms with Crippen molar-refractivity contribution < 1.29 is 9.13 Å². The van der Waals surface area contributed by atoms with Crippen LogP contribution in [0, 0.1) is 5.82 Å². The van der Waals surface area contributed by atoms with Gasteiger partial charge in [0.15, 0.2) is 11.6 Å². The molecule has 2 aromatic rings. The highest BCUT2D eigenvalue weighted by Crippen LogP contribution is 2.25. The van der Waals surface area contributed by atoms with Crippen LogP contribution in [0.5, 0.6) is 5.75 Å². The van der Waals surface area contributed by atoms with E-state index in [0.717, 1.165) is 30.5 Å². The number of H-pyrrole nitrogens is 1. The molecule has 1 aliphatic rings. The zero-order valence-electron chi connectivity index (χ0n) is 10.5. The van der Waals surface area contributed by atoms with Gasteiger partial charge in [-0.05, 0) is 37.5 Å². The quantitative estimate of drug-likeness (QED) is 0.899. The SMILES string of the molecule is COc1cc(-c2nc3c(c(=O)[nH]2)CCC3)ccc1F. The lowest BCUT2D eigenvalue weighted by molar-refractivity contribution is 0.386. The molecule has 1 aromatic carbocycles. The first-order chi connectivity index (χ1) is 9.19. The molecule has 0 unspecified atom stereocenters. The van der Waals surface area contributed by atoms with Crippen LogP contribution in [-0.4, -0.2) is 17.1 Å². The van der Waals surface area contributed by atoms with E-state index in [0.29, 0.717) is 11.4 Å².